The Kier molecular flexibility index (Phi) is 5.95. The van der Waals surface area contributed by atoms with Gasteiger partial charge in [-0.25, -0.2) is 17.7 Å². The van der Waals surface area contributed by atoms with Crippen molar-refractivity contribution in [1.29, 1.82) is 0 Å². The predicted molar refractivity (Wildman–Crippen MR) is 132 cm³/mol. The molecule has 0 saturated carbocycles. The van der Waals surface area contributed by atoms with Crippen molar-refractivity contribution in [2.24, 2.45) is 0 Å². The Labute approximate surface area is 198 Å². The number of amides is 1. The van der Waals surface area contributed by atoms with E-state index in [-0.39, 0.29) is 24.7 Å². The number of carbonyl (C=O) groups excluding carboxylic acids is 1. The number of carbonyl (C=O) groups is 1. The summed E-state index contributed by atoms with van der Waals surface area (Å²) in [6.07, 6.45) is 4.18. The molecule has 1 amide bonds. The molecule has 2 heterocycles. The Morgan fingerprint density at radius 1 is 1.12 bits per heavy atom. The fourth-order valence-electron chi connectivity index (χ4n) is 4.64. The number of hydrogen-bond donors (Lipinski definition) is 1. The minimum Gasteiger partial charge on any atom is -0.351 e. The summed E-state index contributed by atoms with van der Waals surface area (Å²) in [5, 5.41) is 4.43. The first kappa shape index (κ1) is 22.1. The average molecular weight is 482 g/mol. The molecule has 1 aromatic heterocycles. The van der Waals surface area contributed by atoms with Crippen LogP contribution >= 0.6 is 11.6 Å². The molecule has 170 valence electrons. The van der Waals surface area contributed by atoms with Gasteiger partial charge in [-0.05, 0) is 54.2 Å². The Hall–Kier alpha value is -2.74. The van der Waals surface area contributed by atoms with Gasteiger partial charge in [-0.2, -0.15) is 0 Å². The lowest BCUT2D eigenvalue weighted by Gasteiger charge is -2.16. The molecule has 1 saturated heterocycles. The molecular weight excluding hydrogens is 458 g/mol. The molecule has 1 N–H and O–H groups in total. The Morgan fingerprint density at radius 3 is 2.70 bits per heavy atom. The highest BCUT2D eigenvalue weighted by atomic mass is 35.5. The van der Waals surface area contributed by atoms with Crippen LogP contribution < -0.4 is 5.32 Å². The normalized spacial score (nSPS) is 18.6. The van der Waals surface area contributed by atoms with Gasteiger partial charge >= 0.3 is 0 Å². The summed E-state index contributed by atoms with van der Waals surface area (Å²) in [5.41, 5.74) is 5.13. The van der Waals surface area contributed by atoms with E-state index in [2.05, 4.69) is 11.4 Å². The van der Waals surface area contributed by atoms with Crippen molar-refractivity contribution in [2.45, 2.75) is 19.3 Å². The summed E-state index contributed by atoms with van der Waals surface area (Å²) in [7, 11) is -3.18. The van der Waals surface area contributed by atoms with E-state index in [0.29, 0.717) is 30.0 Å². The summed E-state index contributed by atoms with van der Waals surface area (Å²) in [5.74, 6) is -0.00953. The van der Waals surface area contributed by atoms with E-state index in [0.717, 1.165) is 39.7 Å². The molecule has 5 rings (SSSR count). The van der Waals surface area contributed by atoms with Gasteiger partial charge in [0.15, 0.2) is 0 Å². The standard InChI is InChI=1S/C25H24ClN3O3S/c26-21-8-3-1-6-17(21)16-18-10-11-20-23(19-7-2-4-9-22(19)28-24(18)20)25(30)27-12-14-29-13-5-15-33(29,31)32/h1-4,6-9,16H,5,10-15H2,(H,27,30)/b18-16-. The van der Waals surface area contributed by atoms with E-state index < -0.39 is 10.0 Å². The molecule has 0 bridgehead atoms. The lowest BCUT2D eigenvalue weighted by atomic mass is 10.00. The molecule has 1 fully saturated rings. The van der Waals surface area contributed by atoms with E-state index in [1.165, 1.54) is 4.31 Å². The number of fused-ring (bicyclic) bond motifs is 2. The van der Waals surface area contributed by atoms with Gasteiger partial charge in [0.1, 0.15) is 0 Å². The summed E-state index contributed by atoms with van der Waals surface area (Å²) in [6, 6.07) is 15.3. The van der Waals surface area contributed by atoms with Crippen LogP contribution in [0.25, 0.3) is 22.6 Å². The molecule has 0 atom stereocenters. The maximum absolute atomic E-state index is 13.3. The molecule has 1 aliphatic carbocycles. The van der Waals surface area contributed by atoms with Gasteiger partial charge in [-0.3, -0.25) is 4.79 Å². The number of halogens is 1. The van der Waals surface area contributed by atoms with Crippen LogP contribution in [-0.2, 0) is 16.4 Å². The molecule has 0 radical (unpaired) electrons. The van der Waals surface area contributed by atoms with Crippen LogP contribution in [0, 0.1) is 0 Å². The van der Waals surface area contributed by atoms with Crippen LogP contribution in [0.5, 0.6) is 0 Å². The number of hydrogen-bond acceptors (Lipinski definition) is 4. The second-order valence-corrected chi connectivity index (χ2v) is 10.8. The minimum atomic E-state index is -3.18. The number of sulfonamides is 1. The van der Waals surface area contributed by atoms with Gasteiger partial charge in [0, 0.05) is 30.0 Å². The van der Waals surface area contributed by atoms with Gasteiger partial charge in [0.05, 0.1) is 22.5 Å². The zero-order valence-electron chi connectivity index (χ0n) is 18.1. The van der Waals surface area contributed by atoms with E-state index in [1.807, 2.05) is 48.5 Å². The Bertz CT molecular complexity index is 1380. The van der Waals surface area contributed by atoms with Crippen LogP contribution in [-0.4, -0.2) is 49.0 Å². The third-order valence-corrected chi connectivity index (χ3v) is 8.55. The SMILES string of the molecule is O=C(NCCN1CCCS1(=O)=O)c1c2c(nc3ccccc13)/C(=C\c1ccccc1Cl)CC2. The zero-order chi connectivity index (χ0) is 23.0. The smallest absolute Gasteiger partial charge is 0.252 e. The van der Waals surface area contributed by atoms with Gasteiger partial charge in [-0.15, -0.1) is 0 Å². The number of nitrogens with zero attached hydrogens (tertiary/aromatic N) is 2. The van der Waals surface area contributed by atoms with Crippen molar-refractivity contribution in [3.8, 4) is 0 Å². The number of aromatic nitrogens is 1. The fourth-order valence-corrected chi connectivity index (χ4v) is 6.36. The number of rotatable bonds is 5. The molecule has 2 aliphatic rings. The summed E-state index contributed by atoms with van der Waals surface area (Å²) in [4.78, 5) is 18.2. The second kappa shape index (κ2) is 8.89. The minimum absolute atomic E-state index is 0.185. The number of nitrogens with one attached hydrogen (secondary N) is 1. The number of benzene rings is 2. The van der Waals surface area contributed by atoms with Crippen molar-refractivity contribution < 1.29 is 13.2 Å². The molecule has 1 aliphatic heterocycles. The number of pyridine rings is 1. The van der Waals surface area contributed by atoms with Gasteiger partial charge in [0.2, 0.25) is 10.0 Å². The predicted octanol–water partition coefficient (Wildman–Crippen LogP) is 4.14. The van der Waals surface area contributed by atoms with Gasteiger partial charge < -0.3 is 5.32 Å². The average Bonchev–Trinajstić information content (AvgIpc) is 3.35. The quantitative estimate of drug-likeness (QED) is 0.594. The van der Waals surface area contributed by atoms with E-state index >= 15 is 0 Å². The first-order valence-corrected chi connectivity index (χ1v) is 13.1. The summed E-state index contributed by atoms with van der Waals surface area (Å²) < 4.78 is 25.5. The molecular formula is C25H24ClN3O3S. The molecule has 0 spiro atoms. The number of allylic oxidation sites excluding steroid dienone is 1. The topological polar surface area (TPSA) is 79.4 Å². The molecule has 6 nitrogen and oxygen atoms in total. The highest BCUT2D eigenvalue weighted by Crippen LogP contribution is 2.38. The van der Waals surface area contributed by atoms with Crippen LogP contribution in [0.15, 0.2) is 48.5 Å². The maximum Gasteiger partial charge on any atom is 0.252 e. The van der Waals surface area contributed by atoms with Crippen molar-refractivity contribution in [2.75, 3.05) is 25.4 Å². The molecule has 2 aromatic carbocycles. The van der Waals surface area contributed by atoms with E-state index in [9.17, 15) is 13.2 Å². The summed E-state index contributed by atoms with van der Waals surface area (Å²) >= 11 is 6.36. The number of para-hydroxylation sites is 1. The first-order chi connectivity index (χ1) is 15.9. The lowest BCUT2D eigenvalue weighted by molar-refractivity contribution is 0.0952. The highest BCUT2D eigenvalue weighted by molar-refractivity contribution is 7.89. The van der Waals surface area contributed by atoms with Crippen molar-refractivity contribution in [1.82, 2.24) is 14.6 Å². The first-order valence-electron chi connectivity index (χ1n) is 11.1. The van der Waals surface area contributed by atoms with Crippen molar-refractivity contribution in [3.63, 3.8) is 0 Å². The maximum atomic E-state index is 13.3. The Morgan fingerprint density at radius 2 is 1.91 bits per heavy atom. The van der Waals surface area contributed by atoms with Crippen LogP contribution in [0.4, 0.5) is 0 Å². The van der Waals surface area contributed by atoms with Gasteiger partial charge in [0.25, 0.3) is 5.91 Å². The third-order valence-electron chi connectivity index (χ3n) is 6.25. The van der Waals surface area contributed by atoms with E-state index in [1.54, 1.807) is 0 Å². The second-order valence-electron chi connectivity index (χ2n) is 8.35. The summed E-state index contributed by atoms with van der Waals surface area (Å²) in [6.45, 7) is 1.07. The molecule has 33 heavy (non-hydrogen) atoms. The van der Waals surface area contributed by atoms with Crippen LogP contribution in [0.1, 0.15) is 40.0 Å². The monoisotopic (exact) mass is 481 g/mol. The van der Waals surface area contributed by atoms with Gasteiger partial charge in [-0.1, -0.05) is 48.0 Å². The van der Waals surface area contributed by atoms with Crippen molar-refractivity contribution in [3.05, 3.63) is 75.9 Å². The lowest BCUT2D eigenvalue weighted by Crippen LogP contribution is -2.36. The largest absolute Gasteiger partial charge is 0.351 e. The molecule has 3 aromatic rings. The van der Waals surface area contributed by atoms with Crippen molar-refractivity contribution >= 4 is 50.1 Å². The third kappa shape index (κ3) is 4.28. The zero-order valence-corrected chi connectivity index (χ0v) is 19.6. The molecule has 0 unspecified atom stereocenters. The van der Waals surface area contributed by atoms with E-state index in [4.69, 9.17) is 16.6 Å². The van der Waals surface area contributed by atoms with Crippen LogP contribution in [0.2, 0.25) is 5.02 Å². The Balaban J connectivity index is 1.48. The van der Waals surface area contributed by atoms with Crippen LogP contribution in [0.3, 0.4) is 0 Å². The highest BCUT2D eigenvalue weighted by Gasteiger charge is 2.29. The molecule has 8 heteroatoms. The fraction of sp³-hybridized carbons (Fsp3) is 0.280.